The van der Waals surface area contributed by atoms with Crippen LogP contribution in [0.1, 0.15) is 12.8 Å². The van der Waals surface area contributed by atoms with Crippen LogP contribution in [0.25, 0.3) is 0 Å². The summed E-state index contributed by atoms with van der Waals surface area (Å²) in [6.07, 6.45) is 1.02. The monoisotopic (exact) mass is 285 g/mol. The summed E-state index contributed by atoms with van der Waals surface area (Å²) in [6, 6.07) is -0.134. The van der Waals surface area contributed by atoms with Crippen molar-refractivity contribution in [3.63, 3.8) is 0 Å². The number of nitrogens with one attached hydrogen (secondary N) is 1. The average Bonchev–Trinajstić information content (AvgIpc) is 2.94. The molecule has 2 aliphatic heterocycles. The van der Waals surface area contributed by atoms with Gasteiger partial charge in [-0.05, 0) is 6.42 Å². The molecule has 2 saturated heterocycles. The number of carbonyl (C=O) groups excluding carboxylic acids is 1. The van der Waals surface area contributed by atoms with Crippen molar-refractivity contribution in [2.24, 2.45) is 0 Å². The third kappa shape index (κ3) is 3.91. The maximum atomic E-state index is 12.3. The summed E-state index contributed by atoms with van der Waals surface area (Å²) in [5.74, 6) is -0.633. The molecular formula is C13H23N3O4. The second-order valence-corrected chi connectivity index (χ2v) is 5.36. The molecule has 0 radical (unpaired) electrons. The molecule has 0 saturated carbocycles. The van der Waals surface area contributed by atoms with Crippen molar-refractivity contribution < 1.29 is 19.4 Å². The highest BCUT2D eigenvalue weighted by atomic mass is 16.5. The Bertz CT molecular complexity index is 356. The molecule has 0 spiro atoms. The summed E-state index contributed by atoms with van der Waals surface area (Å²) < 4.78 is 5.25. The van der Waals surface area contributed by atoms with E-state index in [-0.39, 0.29) is 24.5 Å². The second-order valence-electron chi connectivity index (χ2n) is 5.36. The highest BCUT2D eigenvalue weighted by Crippen LogP contribution is 2.13. The van der Waals surface area contributed by atoms with E-state index in [1.807, 2.05) is 4.90 Å². The normalized spacial score (nSPS) is 27.8. The first-order valence-corrected chi connectivity index (χ1v) is 7.09. The molecule has 2 aliphatic rings. The van der Waals surface area contributed by atoms with Gasteiger partial charge in [0, 0.05) is 46.4 Å². The van der Waals surface area contributed by atoms with Crippen LogP contribution in [0.2, 0.25) is 0 Å². The van der Waals surface area contributed by atoms with Gasteiger partial charge in [0.25, 0.3) is 0 Å². The minimum Gasteiger partial charge on any atom is -0.481 e. The molecule has 0 aliphatic carbocycles. The Labute approximate surface area is 118 Å². The molecule has 7 nitrogen and oxygen atoms in total. The van der Waals surface area contributed by atoms with Crippen LogP contribution >= 0.6 is 0 Å². The molecule has 0 aromatic heterocycles. The van der Waals surface area contributed by atoms with Gasteiger partial charge in [-0.25, -0.2) is 0 Å². The fourth-order valence-corrected chi connectivity index (χ4v) is 2.74. The van der Waals surface area contributed by atoms with Crippen LogP contribution in [0.5, 0.6) is 0 Å². The minimum atomic E-state index is -0.774. The van der Waals surface area contributed by atoms with Gasteiger partial charge in [-0.3, -0.25) is 14.5 Å². The molecule has 2 fully saturated rings. The molecule has 20 heavy (non-hydrogen) atoms. The quantitative estimate of drug-likeness (QED) is 0.673. The van der Waals surface area contributed by atoms with E-state index in [1.54, 1.807) is 7.11 Å². The number of amides is 1. The molecule has 2 atom stereocenters. The zero-order valence-corrected chi connectivity index (χ0v) is 11.9. The van der Waals surface area contributed by atoms with Gasteiger partial charge in [0.15, 0.2) is 0 Å². The summed E-state index contributed by atoms with van der Waals surface area (Å²) in [6.45, 7) is 4.14. The van der Waals surface area contributed by atoms with Gasteiger partial charge in [-0.2, -0.15) is 0 Å². The first kappa shape index (κ1) is 15.2. The Morgan fingerprint density at radius 1 is 1.30 bits per heavy atom. The summed E-state index contributed by atoms with van der Waals surface area (Å²) in [5, 5.41) is 11.9. The van der Waals surface area contributed by atoms with Gasteiger partial charge in [-0.15, -0.1) is 0 Å². The van der Waals surface area contributed by atoms with Crippen molar-refractivity contribution in [3.8, 4) is 0 Å². The smallest absolute Gasteiger partial charge is 0.304 e. The number of ether oxygens (including phenoxy) is 1. The Kier molecular flexibility index (Phi) is 5.33. The molecule has 0 aromatic carbocycles. The first-order chi connectivity index (χ1) is 9.60. The summed E-state index contributed by atoms with van der Waals surface area (Å²) in [5.41, 5.74) is 0. The predicted octanol–water partition coefficient (Wildman–Crippen LogP) is -1.02. The molecule has 2 rings (SSSR count). The predicted molar refractivity (Wildman–Crippen MR) is 72.5 cm³/mol. The summed E-state index contributed by atoms with van der Waals surface area (Å²) in [7, 11) is 1.67. The molecule has 0 aromatic rings. The van der Waals surface area contributed by atoms with E-state index < -0.39 is 5.97 Å². The molecule has 0 bridgehead atoms. The molecule has 2 unspecified atom stereocenters. The lowest BCUT2D eigenvalue weighted by Gasteiger charge is -2.35. The largest absolute Gasteiger partial charge is 0.481 e. The number of hydrogen-bond donors (Lipinski definition) is 2. The third-order valence-electron chi connectivity index (χ3n) is 4.05. The fourth-order valence-electron chi connectivity index (χ4n) is 2.74. The van der Waals surface area contributed by atoms with Gasteiger partial charge in [-0.1, -0.05) is 0 Å². The number of nitrogens with zero attached hydrogens (tertiary/aromatic N) is 2. The van der Waals surface area contributed by atoms with Gasteiger partial charge in [0.05, 0.1) is 18.6 Å². The van der Waals surface area contributed by atoms with E-state index >= 15 is 0 Å². The zero-order valence-electron chi connectivity index (χ0n) is 11.9. The number of aliphatic carboxylic acids is 1. The first-order valence-electron chi connectivity index (χ1n) is 7.09. The number of hydrogen-bond acceptors (Lipinski definition) is 5. The number of carboxylic acid groups (broad SMARTS) is 1. The van der Waals surface area contributed by atoms with Crippen molar-refractivity contribution in [2.45, 2.75) is 25.0 Å². The molecule has 2 N–H and O–H groups in total. The second kappa shape index (κ2) is 7.01. The topological polar surface area (TPSA) is 82.1 Å². The van der Waals surface area contributed by atoms with Crippen LogP contribution < -0.4 is 5.32 Å². The zero-order chi connectivity index (χ0) is 14.5. The van der Waals surface area contributed by atoms with E-state index in [4.69, 9.17) is 9.84 Å². The molecule has 2 heterocycles. The van der Waals surface area contributed by atoms with Crippen molar-refractivity contribution in [2.75, 3.05) is 46.4 Å². The highest BCUT2D eigenvalue weighted by Gasteiger charge is 2.33. The van der Waals surface area contributed by atoms with Crippen LogP contribution in [0.4, 0.5) is 0 Å². The lowest BCUT2D eigenvalue weighted by Crippen LogP contribution is -2.53. The van der Waals surface area contributed by atoms with Gasteiger partial charge >= 0.3 is 5.97 Å². The van der Waals surface area contributed by atoms with E-state index in [0.717, 1.165) is 26.1 Å². The lowest BCUT2D eigenvalue weighted by molar-refractivity contribution is -0.138. The van der Waals surface area contributed by atoms with E-state index in [2.05, 4.69) is 10.2 Å². The van der Waals surface area contributed by atoms with E-state index in [0.29, 0.717) is 19.6 Å². The fraction of sp³-hybridized carbons (Fsp3) is 0.846. The Morgan fingerprint density at radius 3 is 2.55 bits per heavy atom. The lowest BCUT2D eigenvalue weighted by atomic mass is 10.1. The standard InChI is InChI=1S/C13H23N3O4/c1-20-10-8-11(14-9-10)13(19)16-6-4-15(5-7-16)3-2-12(17)18/h10-11,14H,2-9H2,1H3,(H,17,18). The Balaban J connectivity index is 1.73. The molecule has 1 amide bonds. The number of methoxy groups -OCH3 is 1. The minimum absolute atomic E-state index is 0.126. The van der Waals surface area contributed by atoms with Crippen LogP contribution in [-0.4, -0.2) is 85.3 Å². The Morgan fingerprint density at radius 2 is 2.00 bits per heavy atom. The number of rotatable bonds is 5. The summed E-state index contributed by atoms with van der Waals surface area (Å²) >= 11 is 0. The molecular weight excluding hydrogens is 262 g/mol. The van der Waals surface area contributed by atoms with Crippen LogP contribution in [0, 0.1) is 0 Å². The third-order valence-corrected chi connectivity index (χ3v) is 4.05. The van der Waals surface area contributed by atoms with Gasteiger partial charge in [0.2, 0.25) is 5.91 Å². The average molecular weight is 285 g/mol. The van der Waals surface area contributed by atoms with Gasteiger partial charge in [0.1, 0.15) is 0 Å². The van der Waals surface area contributed by atoms with Crippen molar-refractivity contribution >= 4 is 11.9 Å². The van der Waals surface area contributed by atoms with Crippen molar-refractivity contribution in [3.05, 3.63) is 0 Å². The summed E-state index contributed by atoms with van der Waals surface area (Å²) in [4.78, 5) is 26.8. The maximum Gasteiger partial charge on any atom is 0.304 e. The molecule has 114 valence electrons. The van der Waals surface area contributed by atoms with Crippen LogP contribution in [0.15, 0.2) is 0 Å². The van der Waals surface area contributed by atoms with E-state index in [1.165, 1.54) is 0 Å². The molecule has 7 heteroatoms. The SMILES string of the molecule is COC1CNC(C(=O)N2CCN(CCC(=O)O)CC2)C1. The number of piperazine rings is 1. The highest BCUT2D eigenvalue weighted by molar-refractivity contribution is 5.82. The Hall–Kier alpha value is -1.18. The van der Waals surface area contributed by atoms with Crippen molar-refractivity contribution in [1.29, 1.82) is 0 Å². The van der Waals surface area contributed by atoms with E-state index in [9.17, 15) is 9.59 Å². The van der Waals surface area contributed by atoms with Gasteiger partial charge < -0.3 is 20.1 Å². The van der Waals surface area contributed by atoms with Crippen LogP contribution in [0.3, 0.4) is 0 Å². The van der Waals surface area contributed by atoms with Crippen LogP contribution in [-0.2, 0) is 14.3 Å². The maximum absolute atomic E-state index is 12.3. The number of carboxylic acids is 1. The van der Waals surface area contributed by atoms with Crippen molar-refractivity contribution in [1.82, 2.24) is 15.1 Å². The number of carbonyl (C=O) groups is 2.